The van der Waals surface area contributed by atoms with Gasteiger partial charge in [0.15, 0.2) is 0 Å². The van der Waals surface area contributed by atoms with Gasteiger partial charge in [-0.3, -0.25) is 4.79 Å². The van der Waals surface area contributed by atoms with E-state index in [-0.39, 0.29) is 12.1 Å². The molecule has 0 radical (unpaired) electrons. The van der Waals surface area contributed by atoms with E-state index in [1.807, 2.05) is 7.11 Å². The van der Waals surface area contributed by atoms with Gasteiger partial charge in [0, 0.05) is 13.5 Å². The lowest BCUT2D eigenvalue weighted by molar-refractivity contribution is -0.176. The first-order valence-corrected chi connectivity index (χ1v) is 12.5. The normalized spacial score (nSPS) is 48.9. The molecule has 4 aliphatic carbocycles. The van der Waals surface area contributed by atoms with Crippen LogP contribution in [-0.4, -0.2) is 37.5 Å². The summed E-state index contributed by atoms with van der Waals surface area (Å²) in [5.74, 6) is 3.47. The molecule has 0 heterocycles. The minimum atomic E-state index is -0.155. The molecule has 1 N–H and O–H groups in total. The summed E-state index contributed by atoms with van der Waals surface area (Å²) in [5, 5.41) is 11.4. The standard InChI is InChI=1S/C26H44O4/c1-16(6-9-23(28)30-5)19-7-8-20-24-21(11-13-26(19,20)3)25(2)12-10-18(29-4)14-17(25)15-22(24)27/h16-22,24,27H,6-15H2,1-5H3/t16-,17?,18?,19-,20+,21+,22?,24+,25+,26-/m1/s1. The molecule has 4 fully saturated rings. The van der Waals surface area contributed by atoms with Crippen molar-refractivity contribution >= 4 is 5.97 Å². The molecule has 4 rings (SSSR count). The fourth-order valence-electron chi connectivity index (χ4n) is 9.02. The molecule has 0 saturated heterocycles. The number of rotatable bonds is 5. The Morgan fingerprint density at radius 2 is 1.73 bits per heavy atom. The molecule has 30 heavy (non-hydrogen) atoms. The molecule has 4 heteroatoms. The number of esters is 1. The van der Waals surface area contributed by atoms with Crippen molar-refractivity contribution < 1.29 is 19.4 Å². The lowest BCUT2D eigenvalue weighted by Crippen LogP contribution is -2.58. The molecule has 0 aromatic rings. The lowest BCUT2D eigenvalue weighted by Gasteiger charge is -2.62. The summed E-state index contributed by atoms with van der Waals surface area (Å²) in [6.07, 6.45) is 11.3. The van der Waals surface area contributed by atoms with Crippen molar-refractivity contribution in [3.05, 3.63) is 0 Å². The number of aliphatic hydroxyl groups is 1. The third-order valence-corrected chi connectivity index (χ3v) is 10.8. The average molecular weight is 421 g/mol. The number of carbonyl (C=O) groups excluding carboxylic acids is 1. The minimum absolute atomic E-state index is 0.0846. The number of aliphatic hydroxyl groups excluding tert-OH is 1. The van der Waals surface area contributed by atoms with Crippen LogP contribution in [0, 0.1) is 46.3 Å². The second-order valence-corrected chi connectivity index (χ2v) is 11.7. The van der Waals surface area contributed by atoms with Crippen LogP contribution in [0.5, 0.6) is 0 Å². The lowest BCUT2D eigenvalue weighted by atomic mass is 9.43. The highest BCUT2D eigenvalue weighted by Crippen LogP contribution is 2.68. The van der Waals surface area contributed by atoms with E-state index in [4.69, 9.17) is 9.47 Å². The maximum absolute atomic E-state index is 11.7. The van der Waals surface area contributed by atoms with Crippen LogP contribution >= 0.6 is 0 Å². The number of carbonyl (C=O) groups is 1. The molecule has 0 aromatic carbocycles. The van der Waals surface area contributed by atoms with E-state index in [0.717, 1.165) is 19.3 Å². The Morgan fingerprint density at radius 1 is 1.03 bits per heavy atom. The van der Waals surface area contributed by atoms with Gasteiger partial charge in [-0.2, -0.15) is 0 Å². The first-order valence-electron chi connectivity index (χ1n) is 12.5. The highest BCUT2D eigenvalue weighted by Gasteiger charge is 2.62. The Hall–Kier alpha value is -0.610. The Labute approximate surface area is 183 Å². The van der Waals surface area contributed by atoms with Gasteiger partial charge in [-0.05, 0) is 104 Å². The fraction of sp³-hybridized carbons (Fsp3) is 0.962. The van der Waals surface area contributed by atoms with Crippen LogP contribution in [0.25, 0.3) is 0 Å². The Bertz CT molecular complexity index is 635. The summed E-state index contributed by atoms with van der Waals surface area (Å²) in [6.45, 7) is 7.40. The molecular formula is C26H44O4. The van der Waals surface area contributed by atoms with Gasteiger partial charge in [0.05, 0.1) is 19.3 Å². The zero-order valence-electron chi connectivity index (χ0n) is 19.9. The van der Waals surface area contributed by atoms with Crippen LogP contribution in [0.1, 0.15) is 85.0 Å². The fourth-order valence-corrected chi connectivity index (χ4v) is 9.02. The average Bonchev–Trinajstić information content (AvgIpc) is 3.09. The molecule has 4 saturated carbocycles. The molecule has 0 bridgehead atoms. The van der Waals surface area contributed by atoms with E-state index >= 15 is 0 Å². The summed E-state index contributed by atoms with van der Waals surface area (Å²) in [6, 6.07) is 0. The predicted octanol–water partition coefficient (Wildman–Crippen LogP) is 5.22. The maximum Gasteiger partial charge on any atom is 0.305 e. The van der Waals surface area contributed by atoms with Crippen LogP contribution in [-0.2, 0) is 14.3 Å². The SMILES string of the molecule is COC(=O)CC[C@@H](C)[C@H]1CC[C@H]2[C@@H]3C(O)CC4CC(OC)CC[C@]4(C)[C@H]3CC[C@]12C. The van der Waals surface area contributed by atoms with E-state index in [9.17, 15) is 9.90 Å². The van der Waals surface area contributed by atoms with Crippen molar-refractivity contribution in [1.29, 1.82) is 0 Å². The Balaban J connectivity index is 1.52. The number of methoxy groups -OCH3 is 2. The quantitative estimate of drug-likeness (QED) is 0.620. The van der Waals surface area contributed by atoms with E-state index < -0.39 is 0 Å². The molecular weight excluding hydrogens is 376 g/mol. The summed E-state index contributed by atoms with van der Waals surface area (Å²) < 4.78 is 10.6. The van der Waals surface area contributed by atoms with Crippen molar-refractivity contribution in [1.82, 2.24) is 0 Å². The van der Waals surface area contributed by atoms with Crippen molar-refractivity contribution in [3.63, 3.8) is 0 Å². The molecule has 4 nitrogen and oxygen atoms in total. The van der Waals surface area contributed by atoms with Gasteiger partial charge in [-0.25, -0.2) is 0 Å². The van der Waals surface area contributed by atoms with Crippen molar-refractivity contribution in [2.24, 2.45) is 46.3 Å². The number of hydrogen-bond acceptors (Lipinski definition) is 4. The van der Waals surface area contributed by atoms with Crippen molar-refractivity contribution in [2.45, 2.75) is 97.2 Å². The molecule has 0 spiro atoms. The van der Waals surface area contributed by atoms with Gasteiger partial charge < -0.3 is 14.6 Å². The molecule has 0 aliphatic heterocycles. The predicted molar refractivity (Wildman–Crippen MR) is 118 cm³/mol. The maximum atomic E-state index is 11.7. The van der Waals surface area contributed by atoms with Crippen LogP contribution in [0.2, 0.25) is 0 Å². The van der Waals surface area contributed by atoms with Crippen molar-refractivity contribution in [3.8, 4) is 0 Å². The van der Waals surface area contributed by atoms with Gasteiger partial charge in [0.25, 0.3) is 0 Å². The largest absolute Gasteiger partial charge is 0.469 e. The molecule has 10 atom stereocenters. The smallest absolute Gasteiger partial charge is 0.305 e. The van der Waals surface area contributed by atoms with Crippen LogP contribution in [0.4, 0.5) is 0 Å². The van der Waals surface area contributed by atoms with Gasteiger partial charge >= 0.3 is 5.97 Å². The van der Waals surface area contributed by atoms with Gasteiger partial charge in [0.2, 0.25) is 0 Å². The first-order chi connectivity index (χ1) is 14.2. The van der Waals surface area contributed by atoms with E-state index in [1.165, 1.54) is 45.6 Å². The van der Waals surface area contributed by atoms with Crippen LogP contribution < -0.4 is 0 Å². The van der Waals surface area contributed by atoms with E-state index in [0.29, 0.717) is 58.9 Å². The summed E-state index contributed by atoms with van der Waals surface area (Å²) in [4.78, 5) is 11.7. The minimum Gasteiger partial charge on any atom is -0.469 e. The van der Waals surface area contributed by atoms with Gasteiger partial charge in [-0.1, -0.05) is 20.8 Å². The highest BCUT2D eigenvalue weighted by molar-refractivity contribution is 5.69. The summed E-state index contributed by atoms with van der Waals surface area (Å²) in [7, 11) is 3.33. The highest BCUT2D eigenvalue weighted by atomic mass is 16.5. The molecule has 3 unspecified atom stereocenters. The number of fused-ring (bicyclic) bond motifs is 5. The van der Waals surface area contributed by atoms with Crippen LogP contribution in [0.15, 0.2) is 0 Å². The summed E-state index contributed by atoms with van der Waals surface area (Å²) >= 11 is 0. The number of ether oxygens (including phenoxy) is 2. The Morgan fingerprint density at radius 3 is 2.43 bits per heavy atom. The topological polar surface area (TPSA) is 55.8 Å². The van der Waals surface area contributed by atoms with Gasteiger partial charge in [0.1, 0.15) is 0 Å². The number of hydrogen-bond donors (Lipinski definition) is 1. The monoisotopic (exact) mass is 420 g/mol. The summed E-state index contributed by atoms with van der Waals surface area (Å²) in [5.41, 5.74) is 0.680. The second-order valence-electron chi connectivity index (χ2n) is 11.7. The van der Waals surface area contributed by atoms with E-state index in [2.05, 4.69) is 20.8 Å². The first kappa shape index (κ1) is 22.6. The second kappa shape index (κ2) is 8.39. The molecule has 172 valence electrons. The molecule has 0 amide bonds. The molecule has 4 aliphatic rings. The molecule has 0 aromatic heterocycles. The van der Waals surface area contributed by atoms with Crippen molar-refractivity contribution in [2.75, 3.05) is 14.2 Å². The van der Waals surface area contributed by atoms with Gasteiger partial charge in [-0.15, -0.1) is 0 Å². The van der Waals surface area contributed by atoms with Crippen LogP contribution in [0.3, 0.4) is 0 Å². The zero-order valence-corrected chi connectivity index (χ0v) is 19.9. The zero-order chi connectivity index (χ0) is 21.7. The van der Waals surface area contributed by atoms with E-state index in [1.54, 1.807) is 0 Å². The Kier molecular flexibility index (Phi) is 6.31. The third kappa shape index (κ3) is 3.54. The third-order valence-electron chi connectivity index (χ3n) is 10.8.